The number of rotatable bonds is 3. The van der Waals surface area contributed by atoms with E-state index in [9.17, 15) is 0 Å². The number of fused-ring (bicyclic) bond motifs is 1. The molecule has 12 heavy (non-hydrogen) atoms. The number of nitrogens with zero attached hydrogens (tertiary/aromatic N) is 1. The molecule has 0 radical (unpaired) electrons. The molecule has 0 aromatic carbocycles. The van der Waals surface area contributed by atoms with Gasteiger partial charge >= 0.3 is 0 Å². The summed E-state index contributed by atoms with van der Waals surface area (Å²) in [5, 5.41) is 0. The SMILES string of the molecule is COCCN1CC[C@H]2CC[C@H]2C1. The third kappa shape index (κ3) is 1.64. The zero-order valence-electron chi connectivity index (χ0n) is 7.96. The molecule has 0 amide bonds. The normalized spacial score (nSPS) is 35.8. The third-order valence-corrected chi connectivity index (χ3v) is 3.50. The third-order valence-electron chi connectivity index (χ3n) is 3.50. The maximum absolute atomic E-state index is 5.08. The molecule has 2 aliphatic rings. The second-order valence-electron chi connectivity index (χ2n) is 4.18. The molecule has 1 aliphatic carbocycles. The van der Waals surface area contributed by atoms with E-state index < -0.39 is 0 Å². The van der Waals surface area contributed by atoms with Gasteiger partial charge in [0, 0.05) is 20.2 Å². The van der Waals surface area contributed by atoms with Gasteiger partial charge in [-0.1, -0.05) is 0 Å². The minimum Gasteiger partial charge on any atom is -0.383 e. The van der Waals surface area contributed by atoms with Gasteiger partial charge < -0.3 is 9.64 Å². The van der Waals surface area contributed by atoms with Gasteiger partial charge in [0.25, 0.3) is 0 Å². The second kappa shape index (κ2) is 3.75. The van der Waals surface area contributed by atoms with Crippen LogP contribution in [0.4, 0.5) is 0 Å². The highest BCUT2D eigenvalue weighted by atomic mass is 16.5. The van der Waals surface area contributed by atoms with Crippen LogP contribution < -0.4 is 0 Å². The number of hydrogen-bond donors (Lipinski definition) is 0. The molecule has 2 atom stereocenters. The highest BCUT2D eigenvalue weighted by molar-refractivity contribution is 4.87. The van der Waals surface area contributed by atoms with E-state index in [-0.39, 0.29) is 0 Å². The standard InChI is InChI=1S/C10H19NO/c1-12-7-6-11-5-4-9-2-3-10(9)8-11/h9-10H,2-8H2,1H3/t9-,10+/m1/s1. The van der Waals surface area contributed by atoms with Crippen LogP contribution in [-0.4, -0.2) is 38.3 Å². The molecule has 0 aromatic heterocycles. The van der Waals surface area contributed by atoms with Crippen molar-refractivity contribution in [1.82, 2.24) is 4.90 Å². The van der Waals surface area contributed by atoms with Crippen molar-refractivity contribution in [3.05, 3.63) is 0 Å². The predicted molar refractivity (Wildman–Crippen MR) is 49.1 cm³/mol. The molecular weight excluding hydrogens is 150 g/mol. The average molecular weight is 169 g/mol. The monoisotopic (exact) mass is 169 g/mol. The van der Waals surface area contributed by atoms with Gasteiger partial charge in [-0.05, 0) is 37.6 Å². The number of likely N-dealkylation sites (tertiary alicyclic amines) is 1. The van der Waals surface area contributed by atoms with Gasteiger partial charge in [-0.3, -0.25) is 0 Å². The molecule has 1 aliphatic heterocycles. The van der Waals surface area contributed by atoms with Crippen LogP contribution in [0, 0.1) is 11.8 Å². The molecule has 2 rings (SSSR count). The molecular formula is C10H19NO. The van der Waals surface area contributed by atoms with Crippen LogP contribution in [0.5, 0.6) is 0 Å². The van der Waals surface area contributed by atoms with E-state index in [1.54, 1.807) is 7.11 Å². The summed E-state index contributed by atoms with van der Waals surface area (Å²) in [6, 6.07) is 0. The van der Waals surface area contributed by atoms with Crippen LogP contribution in [0.25, 0.3) is 0 Å². The van der Waals surface area contributed by atoms with Gasteiger partial charge in [-0.15, -0.1) is 0 Å². The zero-order chi connectivity index (χ0) is 8.39. The van der Waals surface area contributed by atoms with E-state index in [4.69, 9.17) is 4.74 Å². The van der Waals surface area contributed by atoms with Crippen LogP contribution in [0.3, 0.4) is 0 Å². The van der Waals surface area contributed by atoms with E-state index in [0.717, 1.165) is 25.0 Å². The van der Waals surface area contributed by atoms with Gasteiger partial charge in [-0.2, -0.15) is 0 Å². The first-order valence-electron chi connectivity index (χ1n) is 5.11. The molecule has 2 heteroatoms. The van der Waals surface area contributed by atoms with Crippen LogP contribution in [-0.2, 0) is 4.74 Å². The van der Waals surface area contributed by atoms with E-state index in [0.29, 0.717) is 0 Å². The van der Waals surface area contributed by atoms with Gasteiger partial charge in [0.05, 0.1) is 6.61 Å². The van der Waals surface area contributed by atoms with Crippen LogP contribution in [0.15, 0.2) is 0 Å². The summed E-state index contributed by atoms with van der Waals surface area (Å²) >= 11 is 0. The molecule has 1 saturated heterocycles. The summed E-state index contributed by atoms with van der Waals surface area (Å²) in [5.41, 5.74) is 0. The lowest BCUT2D eigenvalue weighted by molar-refractivity contribution is 0.0328. The van der Waals surface area contributed by atoms with Gasteiger partial charge in [0.1, 0.15) is 0 Å². The smallest absolute Gasteiger partial charge is 0.0589 e. The molecule has 0 bridgehead atoms. The molecule has 0 N–H and O–H groups in total. The fraction of sp³-hybridized carbons (Fsp3) is 1.00. The first-order chi connectivity index (χ1) is 5.90. The first kappa shape index (κ1) is 8.52. The summed E-state index contributed by atoms with van der Waals surface area (Å²) in [7, 11) is 1.79. The highest BCUT2D eigenvalue weighted by Crippen LogP contribution is 2.40. The van der Waals surface area contributed by atoms with Crippen molar-refractivity contribution in [2.75, 3.05) is 33.4 Å². The summed E-state index contributed by atoms with van der Waals surface area (Å²) in [6.07, 6.45) is 4.42. The minimum atomic E-state index is 0.900. The Morgan fingerprint density at radius 2 is 2.08 bits per heavy atom. The molecule has 0 spiro atoms. The summed E-state index contributed by atoms with van der Waals surface area (Å²) in [5.74, 6) is 2.12. The summed E-state index contributed by atoms with van der Waals surface area (Å²) in [6.45, 7) is 4.69. The Hall–Kier alpha value is -0.0800. The van der Waals surface area contributed by atoms with Crippen molar-refractivity contribution in [3.63, 3.8) is 0 Å². The van der Waals surface area contributed by atoms with Gasteiger partial charge in [0.2, 0.25) is 0 Å². The molecule has 0 aromatic rings. The number of ether oxygens (including phenoxy) is 1. The maximum atomic E-state index is 5.08. The van der Waals surface area contributed by atoms with E-state index >= 15 is 0 Å². The van der Waals surface area contributed by atoms with Crippen molar-refractivity contribution >= 4 is 0 Å². The van der Waals surface area contributed by atoms with E-state index in [1.807, 2.05) is 0 Å². The molecule has 0 unspecified atom stereocenters. The van der Waals surface area contributed by atoms with Crippen molar-refractivity contribution < 1.29 is 4.74 Å². The first-order valence-corrected chi connectivity index (χ1v) is 5.11. The number of piperidine rings is 1. The fourth-order valence-corrected chi connectivity index (χ4v) is 2.45. The summed E-state index contributed by atoms with van der Waals surface area (Å²) < 4.78 is 5.08. The lowest BCUT2D eigenvalue weighted by atomic mass is 9.69. The topological polar surface area (TPSA) is 12.5 Å². The fourth-order valence-electron chi connectivity index (χ4n) is 2.45. The Morgan fingerprint density at radius 3 is 2.67 bits per heavy atom. The van der Waals surface area contributed by atoms with Crippen LogP contribution >= 0.6 is 0 Å². The van der Waals surface area contributed by atoms with Crippen LogP contribution in [0.1, 0.15) is 19.3 Å². The molecule has 70 valence electrons. The Morgan fingerprint density at radius 1 is 1.25 bits per heavy atom. The lowest BCUT2D eigenvalue weighted by Crippen LogP contribution is -2.46. The number of methoxy groups -OCH3 is 1. The van der Waals surface area contributed by atoms with Crippen molar-refractivity contribution in [2.45, 2.75) is 19.3 Å². The van der Waals surface area contributed by atoms with Crippen molar-refractivity contribution in [3.8, 4) is 0 Å². The second-order valence-corrected chi connectivity index (χ2v) is 4.18. The molecule has 2 fully saturated rings. The highest BCUT2D eigenvalue weighted by Gasteiger charge is 2.35. The summed E-state index contributed by atoms with van der Waals surface area (Å²) in [4.78, 5) is 2.56. The van der Waals surface area contributed by atoms with E-state index in [2.05, 4.69) is 4.90 Å². The maximum Gasteiger partial charge on any atom is 0.0589 e. The largest absolute Gasteiger partial charge is 0.383 e. The number of hydrogen-bond acceptors (Lipinski definition) is 2. The Bertz CT molecular complexity index is 147. The van der Waals surface area contributed by atoms with Crippen molar-refractivity contribution in [2.24, 2.45) is 11.8 Å². The molecule has 1 saturated carbocycles. The Kier molecular flexibility index (Phi) is 2.66. The Labute approximate surface area is 74.9 Å². The zero-order valence-corrected chi connectivity index (χ0v) is 7.96. The van der Waals surface area contributed by atoms with Crippen molar-refractivity contribution in [1.29, 1.82) is 0 Å². The quantitative estimate of drug-likeness (QED) is 0.632. The Balaban J connectivity index is 1.71. The van der Waals surface area contributed by atoms with Gasteiger partial charge in [0.15, 0.2) is 0 Å². The predicted octanol–water partition coefficient (Wildman–Crippen LogP) is 1.36. The molecule has 2 nitrogen and oxygen atoms in total. The molecule has 1 heterocycles. The minimum absolute atomic E-state index is 0.900. The van der Waals surface area contributed by atoms with Crippen LogP contribution in [0.2, 0.25) is 0 Å². The van der Waals surface area contributed by atoms with Gasteiger partial charge in [-0.25, -0.2) is 0 Å². The lowest BCUT2D eigenvalue weighted by Gasteiger charge is -2.45. The average Bonchev–Trinajstić information content (AvgIpc) is 2.05. The van der Waals surface area contributed by atoms with E-state index in [1.165, 1.54) is 32.4 Å².